The molecule has 2 aliphatic rings. The molecular weight excluding hydrogens is 208 g/mol. The minimum absolute atomic E-state index is 0.0617. The molecule has 0 aliphatic carbocycles. The number of nitrogens with two attached hydrogens (primary N) is 1. The van der Waals surface area contributed by atoms with Gasteiger partial charge < -0.3 is 20.1 Å². The van der Waals surface area contributed by atoms with E-state index in [0.29, 0.717) is 45.8 Å². The van der Waals surface area contributed by atoms with E-state index in [-0.39, 0.29) is 11.9 Å². The van der Waals surface area contributed by atoms with Gasteiger partial charge in [0.05, 0.1) is 24.8 Å². The predicted octanol–water partition coefficient (Wildman–Crippen LogP) is -0.258. The van der Waals surface area contributed by atoms with Gasteiger partial charge in [0.1, 0.15) is 0 Å². The molecule has 0 saturated carbocycles. The van der Waals surface area contributed by atoms with Crippen LogP contribution >= 0.6 is 0 Å². The Labute approximate surface area is 95.9 Å². The highest BCUT2D eigenvalue weighted by Gasteiger charge is 2.40. The normalized spacial score (nSPS) is 30.1. The van der Waals surface area contributed by atoms with Gasteiger partial charge in [0, 0.05) is 19.8 Å². The number of carbonyl (C=O) groups excluding carboxylic acids is 1. The lowest BCUT2D eigenvalue weighted by Crippen LogP contribution is -2.61. The third-order valence-electron chi connectivity index (χ3n) is 3.44. The van der Waals surface area contributed by atoms with Crippen LogP contribution < -0.4 is 5.73 Å². The zero-order valence-corrected chi connectivity index (χ0v) is 9.78. The van der Waals surface area contributed by atoms with E-state index in [1.807, 2.05) is 11.8 Å². The summed E-state index contributed by atoms with van der Waals surface area (Å²) in [4.78, 5) is 14.2. The number of ether oxygens (including phenoxy) is 2. The molecule has 0 spiro atoms. The van der Waals surface area contributed by atoms with Crippen molar-refractivity contribution in [2.45, 2.75) is 31.3 Å². The van der Waals surface area contributed by atoms with Crippen LogP contribution in [0.15, 0.2) is 0 Å². The summed E-state index contributed by atoms with van der Waals surface area (Å²) < 4.78 is 10.6. The first-order valence-corrected chi connectivity index (χ1v) is 5.89. The van der Waals surface area contributed by atoms with Crippen LogP contribution in [0.1, 0.15) is 19.8 Å². The molecule has 92 valence electrons. The fourth-order valence-corrected chi connectivity index (χ4v) is 2.26. The first kappa shape index (κ1) is 11.8. The van der Waals surface area contributed by atoms with Gasteiger partial charge in [-0.2, -0.15) is 0 Å². The Bertz CT molecular complexity index is 264. The average Bonchev–Trinajstić information content (AvgIpc) is 2.30. The van der Waals surface area contributed by atoms with Gasteiger partial charge in [-0.3, -0.25) is 4.79 Å². The Balaban J connectivity index is 2.04. The molecule has 0 bridgehead atoms. The second-order valence-corrected chi connectivity index (χ2v) is 4.69. The molecule has 2 fully saturated rings. The van der Waals surface area contributed by atoms with Gasteiger partial charge in [-0.1, -0.05) is 0 Å². The van der Waals surface area contributed by atoms with E-state index in [9.17, 15) is 4.79 Å². The monoisotopic (exact) mass is 228 g/mol. The number of carbonyl (C=O) groups is 1. The lowest BCUT2D eigenvalue weighted by Gasteiger charge is -2.41. The summed E-state index contributed by atoms with van der Waals surface area (Å²) in [5, 5.41) is 0. The molecule has 1 amide bonds. The Morgan fingerprint density at radius 2 is 2.00 bits per heavy atom. The van der Waals surface area contributed by atoms with E-state index >= 15 is 0 Å². The second-order valence-electron chi connectivity index (χ2n) is 4.69. The lowest BCUT2D eigenvalue weighted by molar-refractivity contribution is -0.148. The van der Waals surface area contributed by atoms with E-state index in [1.165, 1.54) is 0 Å². The molecular formula is C11H20N2O3. The van der Waals surface area contributed by atoms with Gasteiger partial charge in [-0.05, 0) is 19.8 Å². The average molecular weight is 228 g/mol. The maximum Gasteiger partial charge on any atom is 0.243 e. The third-order valence-corrected chi connectivity index (χ3v) is 3.44. The molecule has 2 rings (SSSR count). The zero-order chi connectivity index (χ0) is 11.6. The van der Waals surface area contributed by atoms with Crippen molar-refractivity contribution < 1.29 is 14.3 Å². The van der Waals surface area contributed by atoms with E-state index in [4.69, 9.17) is 15.2 Å². The minimum Gasteiger partial charge on any atom is -0.381 e. The predicted molar refractivity (Wildman–Crippen MR) is 59.0 cm³/mol. The zero-order valence-electron chi connectivity index (χ0n) is 9.78. The van der Waals surface area contributed by atoms with Crippen LogP contribution in [0.4, 0.5) is 0 Å². The number of rotatable bonds is 1. The Kier molecular flexibility index (Phi) is 3.47. The van der Waals surface area contributed by atoms with Crippen LogP contribution in [0.3, 0.4) is 0 Å². The summed E-state index contributed by atoms with van der Waals surface area (Å²) in [7, 11) is 0. The fourth-order valence-electron chi connectivity index (χ4n) is 2.26. The number of hydrogen-bond acceptors (Lipinski definition) is 4. The highest BCUT2D eigenvalue weighted by atomic mass is 16.5. The van der Waals surface area contributed by atoms with Crippen molar-refractivity contribution in [3.63, 3.8) is 0 Å². The van der Waals surface area contributed by atoms with Crippen molar-refractivity contribution >= 4 is 5.91 Å². The molecule has 1 atom stereocenters. The van der Waals surface area contributed by atoms with Gasteiger partial charge in [0.25, 0.3) is 0 Å². The topological polar surface area (TPSA) is 64.8 Å². The molecule has 0 radical (unpaired) electrons. The maximum atomic E-state index is 12.4. The molecule has 16 heavy (non-hydrogen) atoms. The molecule has 2 saturated heterocycles. The number of hydrogen-bond donors (Lipinski definition) is 1. The van der Waals surface area contributed by atoms with Crippen molar-refractivity contribution in [1.82, 2.24) is 4.90 Å². The van der Waals surface area contributed by atoms with E-state index in [2.05, 4.69) is 0 Å². The quantitative estimate of drug-likeness (QED) is 0.671. The molecule has 0 aromatic rings. The van der Waals surface area contributed by atoms with Gasteiger partial charge in [0.15, 0.2) is 0 Å². The first-order chi connectivity index (χ1) is 7.63. The largest absolute Gasteiger partial charge is 0.381 e. The molecule has 1 unspecified atom stereocenters. The summed E-state index contributed by atoms with van der Waals surface area (Å²) in [5.41, 5.74) is 5.47. The first-order valence-electron chi connectivity index (χ1n) is 5.89. The van der Waals surface area contributed by atoms with Crippen molar-refractivity contribution in [3.8, 4) is 0 Å². The summed E-state index contributed by atoms with van der Waals surface area (Å²) in [5.74, 6) is 0.0617. The highest BCUT2D eigenvalue weighted by molar-refractivity contribution is 5.86. The summed E-state index contributed by atoms with van der Waals surface area (Å²) in [6.45, 7) is 5.04. The Morgan fingerprint density at radius 3 is 2.62 bits per heavy atom. The van der Waals surface area contributed by atoms with Gasteiger partial charge in [0.2, 0.25) is 5.91 Å². The summed E-state index contributed by atoms with van der Waals surface area (Å²) in [6, 6.07) is 0.129. The van der Waals surface area contributed by atoms with Crippen LogP contribution in [0, 0.1) is 0 Å². The summed E-state index contributed by atoms with van der Waals surface area (Å²) in [6.07, 6.45) is 1.24. The van der Waals surface area contributed by atoms with Crippen molar-refractivity contribution in [2.24, 2.45) is 5.73 Å². The second kappa shape index (κ2) is 4.69. The third kappa shape index (κ3) is 2.21. The Morgan fingerprint density at radius 1 is 1.31 bits per heavy atom. The van der Waals surface area contributed by atoms with Gasteiger partial charge in [-0.15, -0.1) is 0 Å². The lowest BCUT2D eigenvalue weighted by atomic mass is 9.89. The van der Waals surface area contributed by atoms with E-state index < -0.39 is 5.54 Å². The highest BCUT2D eigenvalue weighted by Crippen LogP contribution is 2.22. The molecule has 0 aromatic heterocycles. The molecule has 2 heterocycles. The van der Waals surface area contributed by atoms with Crippen molar-refractivity contribution in [1.29, 1.82) is 0 Å². The van der Waals surface area contributed by atoms with Crippen LogP contribution in [-0.2, 0) is 14.3 Å². The van der Waals surface area contributed by atoms with Crippen LogP contribution in [0.2, 0.25) is 0 Å². The van der Waals surface area contributed by atoms with Gasteiger partial charge in [-0.25, -0.2) is 0 Å². The molecule has 0 aromatic carbocycles. The number of amides is 1. The molecule has 5 nitrogen and oxygen atoms in total. The fraction of sp³-hybridized carbons (Fsp3) is 0.909. The van der Waals surface area contributed by atoms with Crippen LogP contribution in [0.5, 0.6) is 0 Å². The summed E-state index contributed by atoms with van der Waals surface area (Å²) >= 11 is 0. The molecule has 2 aliphatic heterocycles. The smallest absolute Gasteiger partial charge is 0.243 e. The molecule has 5 heteroatoms. The number of nitrogens with zero attached hydrogens (tertiary/aromatic N) is 1. The van der Waals surface area contributed by atoms with E-state index in [1.54, 1.807) is 0 Å². The Hall–Kier alpha value is -0.650. The van der Waals surface area contributed by atoms with Gasteiger partial charge >= 0.3 is 0 Å². The van der Waals surface area contributed by atoms with Crippen LogP contribution in [0.25, 0.3) is 0 Å². The number of morpholine rings is 1. The standard InChI is InChI=1S/C11H20N2O3/c1-9-8-16-7-4-13(9)10(14)11(12)2-5-15-6-3-11/h9H,2-8,12H2,1H3. The van der Waals surface area contributed by atoms with Crippen molar-refractivity contribution in [2.75, 3.05) is 33.0 Å². The van der Waals surface area contributed by atoms with E-state index in [0.717, 1.165) is 0 Å². The maximum absolute atomic E-state index is 12.4. The molecule has 2 N–H and O–H groups in total. The minimum atomic E-state index is -0.718. The van der Waals surface area contributed by atoms with Crippen LogP contribution in [-0.4, -0.2) is 55.4 Å². The van der Waals surface area contributed by atoms with Crippen molar-refractivity contribution in [3.05, 3.63) is 0 Å². The SMILES string of the molecule is CC1COCCN1C(=O)C1(N)CCOCC1.